The van der Waals surface area contributed by atoms with E-state index >= 15 is 0 Å². The first kappa shape index (κ1) is 21.8. The Bertz CT molecular complexity index is 1260. The average molecular weight is 430 g/mol. The molecule has 2 aromatic heterocycles. The lowest BCUT2D eigenvalue weighted by molar-refractivity contribution is 0.0940. The molecule has 166 valence electrons. The fourth-order valence-electron chi connectivity index (χ4n) is 4.04. The number of nitrogen functional groups attached to an aromatic ring is 1. The van der Waals surface area contributed by atoms with Gasteiger partial charge in [-0.15, -0.1) is 0 Å². The van der Waals surface area contributed by atoms with Gasteiger partial charge in [0.25, 0.3) is 5.91 Å². The summed E-state index contributed by atoms with van der Waals surface area (Å²) in [5.41, 5.74) is 11.6. The summed E-state index contributed by atoms with van der Waals surface area (Å²) in [4.78, 5) is 23.0. The summed E-state index contributed by atoms with van der Waals surface area (Å²) < 4.78 is 1.83. The maximum atomic E-state index is 13.3. The molecule has 1 atom stereocenters. The van der Waals surface area contributed by atoms with Crippen molar-refractivity contribution in [3.05, 3.63) is 59.7 Å². The van der Waals surface area contributed by atoms with E-state index in [1.54, 1.807) is 0 Å². The topological polar surface area (TPSA) is 85.8 Å². The van der Waals surface area contributed by atoms with Crippen LogP contribution in [0.3, 0.4) is 0 Å². The zero-order valence-electron chi connectivity index (χ0n) is 19.2. The molecule has 6 heteroatoms. The molecule has 0 fully saturated rings. The third kappa shape index (κ3) is 4.31. The second-order valence-corrected chi connectivity index (χ2v) is 9.01. The number of aryl methyl sites for hydroxylation is 1. The number of rotatable bonds is 7. The molecule has 0 aliphatic rings. The van der Waals surface area contributed by atoms with Crippen LogP contribution in [0.5, 0.6) is 0 Å². The number of para-hydroxylation sites is 2. The fraction of sp³-hybridized carbons (Fsp3) is 0.346. The molecule has 0 aliphatic carbocycles. The summed E-state index contributed by atoms with van der Waals surface area (Å²) in [7, 11) is 0. The number of nitrogens with two attached hydrogens (primary N) is 1. The molecule has 0 bridgehead atoms. The van der Waals surface area contributed by atoms with Gasteiger partial charge < -0.3 is 11.1 Å². The van der Waals surface area contributed by atoms with E-state index < -0.39 is 0 Å². The van der Waals surface area contributed by atoms with Crippen molar-refractivity contribution >= 4 is 33.9 Å². The van der Waals surface area contributed by atoms with Gasteiger partial charge in [0, 0.05) is 11.7 Å². The predicted octanol–water partition coefficient (Wildman–Crippen LogP) is 5.41. The highest BCUT2D eigenvalue weighted by atomic mass is 16.1. The van der Waals surface area contributed by atoms with Gasteiger partial charge in [-0.2, -0.15) is 0 Å². The van der Waals surface area contributed by atoms with Gasteiger partial charge in [-0.3, -0.25) is 9.36 Å². The molecule has 2 aromatic carbocycles. The smallest absolute Gasteiger partial charge is 0.257 e. The van der Waals surface area contributed by atoms with Crippen molar-refractivity contribution in [2.75, 3.05) is 5.73 Å². The molecule has 0 aliphatic heterocycles. The van der Waals surface area contributed by atoms with Crippen LogP contribution in [0.2, 0.25) is 0 Å². The zero-order valence-corrected chi connectivity index (χ0v) is 19.2. The van der Waals surface area contributed by atoms with Crippen LogP contribution in [0.25, 0.3) is 27.9 Å². The van der Waals surface area contributed by atoms with Crippen molar-refractivity contribution in [1.82, 2.24) is 19.9 Å². The molecular weight excluding hydrogens is 398 g/mol. The fourth-order valence-corrected chi connectivity index (χ4v) is 4.04. The number of nitrogens with zero attached hydrogens (tertiary/aromatic N) is 3. The highest BCUT2D eigenvalue weighted by molar-refractivity contribution is 6.11. The van der Waals surface area contributed by atoms with Crippen LogP contribution >= 0.6 is 0 Å². The maximum Gasteiger partial charge on any atom is 0.257 e. The standard InChI is InChI=1S/C26H31N5O/c1-16(2)8-7-9-18(4)28-26(32)22-23-25(30-21-11-6-5-10-20(21)29-23)31(24(22)27)19-14-12-17(3)13-15-19/h5-6,10-16,18H,7-9,27H2,1-4H3,(H,28,32). The van der Waals surface area contributed by atoms with E-state index in [0.717, 1.165) is 41.5 Å². The van der Waals surface area contributed by atoms with E-state index in [-0.39, 0.29) is 11.9 Å². The number of fused-ring (bicyclic) bond motifs is 2. The molecule has 0 spiro atoms. The Hall–Kier alpha value is -3.41. The third-order valence-corrected chi connectivity index (χ3v) is 5.81. The van der Waals surface area contributed by atoms with Crippen molar-refractivity contribution in [2.24, 2.45) is 5.92 Å². The third-order valence-electron chi connectivity index (χ3n) is 5.81. The SMILES string of the molecule is Cc1ccc(-n2c(N)c(C(=O)NC(C)CCCC(C)C)c3nc4ccccc4nc32)cc1. The normalized spacial score (nSPS) is 12.5. The van der Waals surface area contributed by atoms with Gasteiger partial charge in [0.05, 0.1) is 11.0 Å². The molecule has 4 rings (SSSR count). The lowest BCUT2D eigenvalue weighted by Crippen LogP contribution is -2.33. The Morgan fingerprint density at radius 2 is 1.66 bits per heavy atom. The van der Waals surface area contributed by atoms with Gasteiger partial charge >= 0.3 is 0 Å². The number of hydrogen-bond acceptors (Lipinski definition) is 4. The molecule has 4 aromatic rings. The van der Waals surface area contributed by atoms with Crippen molar-refractivity contribution in [3.63, 3.8) is 0 Å². The molecule has 0 saturated heterocycles. The molecule has 0 radical (unpaired) electrons. The van der Waals surface area contributed by atoms with E-state index in [1.165, 1.54) is 0 Å². The number of carbonyl (C=O) groups is 1. The summed E-state index contributed by atoms with van der Waals surface area (Å²) in [5, 5.41) is 3.12. The second-order valence-electron chi connectivity index (χ2n) is 9.01. The summed E-state index contributed by atoms with van der Waals surface area (Å²) in [6, 6.07) is 15.7. The molecule has 6 nitrogen and oxygen atoms in total. The van der Waals surface area contributed by atoms with Gasteiger partial charge in [0.2, 0.25) is 0 Å². The first-order chi connectivity index (χ1) is 15.3. The van der Waals surface area contributed by atoms with Crippen LogP contribution in [0.1, 0.15) is 56.0 Å². The second kappa shape index (κ2) is 8.99. The molecule has 1 amide bonds. The predicted molar refractivity (Wildman–Crippen MR) is 131 cm³/mol. The highest BCUT2D eigenvalue weighted by Gasteiger charge is 2.25. The van der Waals surface area contributed by atoms with E-state index in [1.807, 2.05) is 66.9 Å². The largest absolute Gasteiger partial charge is 0.384 e. The minimum Gasteiger partial charge on any atom is -0.384 e. The molecule has 32 heavy (non-hydrogen) atoms. The minimum absolute atomic E-state index is 0.0480. The van der Waals surface area contributed by atoms with Crippen molar-refractivity contribution < 1.29 is 4.79 Å². The molecule has 1 unspecified atom stereocenters. The Labute approximate surface area is 188 Å². The zero-order chi connectivity index (χ0) is 22.8. The lowest BCUT2D eigenvalue weighted by Gasteiger charge is -2.14. The minimum atomic E-state index is -0.208. The van der Waals surface area contributed by atoms with Gasteiger partial charge in [-0.05, 0) is 50.5 Å². The first-order valence-electron chi connectivity index (χ1n) is 11.3. The Morgan fingerprint density at radius 1 is 1.00 bits per heavy atom. The van der Waals surface area contributed by atoms with Crippen molar-refractivity contribution in [2.45, 2.75) is 53.0 Å². The van der Waals surface area contributed by atoms with Crippen molar-refractivity contribution in [1.29, 1.82) is 0 Å². The summed E-state index contributed by atoms with van der Waals surface area (Å²) in [6.45, 7) is 8.50. The van der Waals surface area contributed by atoms with Crippen LogP contribution in [0, 0.1) is 12.8 Å². The maximum absolute atomic E-state index is 13.3. The van der Waals surface area contributed by atoms with Crippen LogP contribution in [-0.2, 0) is 0 Å². The summed E-state index contributed by atoms with van der Waals surface area (Å²) in [5.74, 6) is 0.801. The summed E-state index contributed by atoms with van der Waals surface area (Å²) in [6.07, 6.45) is 3.14. The Morgan fingerprint density at radius 3 is 2.31 bits per heavy atom. The molecule has 0 saturated carbocycles. The van der Waals surface area contributed by atoms with Gasteiger partial charge in [0.15, 0.2) is 5.65 Å². The first-order valence-corrected chi connectivity index (χ1v) is 11.3. The van der Waals surface area contributed by atoms with E-state index in [9.17, 15) is 4.79 Å². The van der Waals surface area contributed by atoms with Gasteiger partial charge in [-0.25, -0.2) is 9.97 Å². The van der Waals surface area contributed by atoms with Crippen LogP contribution in [0.4, 0.5) is 5.82 Å². The van der Waals surface area contributed by atoms with Crippen molar-refractivity contribution in [3.8, 4) is 5.69 Å². The molecule has 3 N–H and O–H groups in total. The van der Waals surface area contributed by atoms with E-state index in [4.69, 9.17) is 15.7 Å². The Balaban J connectivity index is 1.79. The summed E-state index contributed by atoms with van der Waals surface area (Å²) >= 11 is 0. The Kier molecular flexibility index (Phi) is 6.12. The number of carbonyl (C=O) groups excluding carboxylic acids is 1. The molecule has 2 heterocycles. The lowest BCUT2D eigenvalue weighted by atomic mass is 10.0. The molecular formula is C26H31N5O. The quantitative estimate of drug-likeness (QED) is 0.411. The number of amides is 1. The number of anilines is 1. The monoisotopic (exact) mass is 429 g/mol. The van der Waals surface area contributed by atoms with Gasteiger partial charge in [-0.1, -0.05) is 56.5 Å². The van der Waals surface area contributed by atoms with Crippen LogP contribution in [0.15, 0.2) is 48.5 Å². The van der Waals surface area contributed by atoms with Crippen LogP contribution in [-0.4, -0.2) is 26.5 Å². The van der Waals surface area contributed by atoms with E-state index in [0.29, 0.717) is 28.5 Å². The average Bonchev–Trinajstić information content (AvgIpc) is 3.03. The number of hydrogen-bond donors (Lipinski definition) is 2. The van der Waals surface area contributed by atoms with Gasteiger partial charge in [0.1, 0.15) is 16.9 Å². The number of aromatic nitrogens is 3. The number of nitrogens with one attached hydrogen (secondary N) is 1. The number of benzene rings is 2. The highest BCUT2D eigenvalue weighted by Crippen LogP contribution is 2.31. The van der Waals surface area contributed by atoms with E-state index in [2.05, 4.69) is 19.2 Å². The van der Waals surface area contributed by atoms with Crippen LogP contribution < -0.4 is 11.1 Å².